The molecule has 8 rings (SSSR count). The van der Waals surface area contributed by atoms with Gasteiger partial charge >= 0.3 is 5.97 Å². The van der Waals surface area contributed by atoms with E-state index >= 15 is 0 Å². The molecule has 0 amide bonds. The number of hydrogen-bond donors (Lipinski definition) is 2. The Bertz CT molecular complexity index is 2350. The van der Waals surface area contributed by atoms with Crippen LogP contribution in [0.1, 0.15) is 0 Å². The molecular weight excluding hydrogens is 452 g/mol. The Balaban J connectivity index is 1.66. The summed E-state index contributed by atoms with van der Waals surface area (Å²) >= 11 is 0. The van der Waals surface area contributed by atoms with Crippen LogP contribution in [0.4, 0.5) is 5.69 Å². The summed E-state index contributed by atoms with van der Waals surface area (Å²) < 4.78 is 0.919. The van der Waals surface area contributed by atoms with Gasteiger partial charge in [-0.05, 0) is 62.0 Å². The number of aromatic hydroxyl groups is 1. The van der Waals surface area contributed by atoms with E-state index in [1.54, 1.807) is 12.1 Å². The highest BCUT2D eigenvalue weighted by atomic mass is 16.4. The van der Waals surface area contributed by atoms with Gasteiger partial charge in [0, 0.05) is 26.6 Å². The third-order valence-electron chi connectivity index (χ3n) is 7.56. The summed E-state index contributed by atoms with van der Waals surface area (Å²) in [6.07, 6.45) is 0. The fourth-order valence-corrected chi connectivity index (χ4v) is 6.17. The first kappa shape index (κ1) is 19.3. The SMILES string of the molecule is O=C(O)Cn1c(O)c2ccc3c4cc5c(c6cccc(c7ccc(c1=O)c2c73)c64)=c1ccccc1=N5. The summed E-state index contributed by atoms with van der Waals surface area (Å²) in [5.74, 6) is -1.52. The molecule has 7 aromatic rings. The van der Waals surface area contributed by atoms with Gasteiger partial charge in [-0.2, -0.15) is 0 Å². The summed E-state index contributed by atoms with van der Waals surface area (Å²) in [5.41, 5.74) is 0.396. The molecule has 1 aliphatic heterocycles. The Morgan fingerprint density at radius 2 is 1.42 bits per heavy atom. The van der Waals surface area contributed by atoms with Crippen LogP contribution in [-0.2, 0) is 11.3 Å². The second-order valence-corrected chi connectivity index (χ2v) is 9.36. The van der Waals surface area contributed by atoms with E-state index in [4.69, 9.17) is 4.99 Å². The van der Waals surface area contributed by atoms with Gasteiger partial charge in [-0.3, -0.25) is 14.2 Å². The molecule has 0 fully saturated rings. The number of rotatable bonds is 2. The maximum atomic E-state index is 13.3. The van der Waals surface area contributed by atoms with Gasteiger partial charge in [0.2, 0.25) is 5.88 Å². The molecule has 0 radical (unpaired) electrons. The van der Waals surface area contributed by atoms with Gasteiger partial charge in [0.25, 0.3) is 5.56 Å². The molecule has 0 saturated carbocycles. The molecule has 6 heteroatoms. The maximum absolute atomic E-state index is 13.3. The summed E-state index contributed by atoms with van der Waals surface area (Å²) in [6, 6.07) is 24.0. The number of benzene rings is 6. The molecule has 2 N–H and O–H groups in total. The lowest BCUT2D eigenvalue weighted by Gasteiger charge is -2.18. The van der Waals surface area contributed by atoms with Crippen molar-refractivity contribution in [3.63, 3.8) is 0 Å². The van der Waals surface area contributed by atoms with Crippen LogP contribution in [0.15, 0.2) is 82.6 Å². The highest BCUT2D eigenvalue weighted by Crippen LogP contribution is 2.45. The van der Waals surface area contributed by atoms with E-state index in [1.807, 2.05) is 36.4 Å². The van der Waals surface area contributed by atoms with Crippen molar-refractivity contribution in [2.75, 3.05) is 0 Å². The van der Waals surface area contributed by atoms with E-state index < -0.39 is 18.1 Å². The second kappa shape index (κ2) is 6.37. The number of aliphatic carboxylic acids is 1. The van der Waals surface area contributed by atoms with E-state index in [0.717, 1.165) is 63.8 Å². The number of hydrogen-bond acceptors (Lipinski definition) is 4. The molecule has 0 spiro atoms. The van der Waals surface area contributed by atoms with Gasteiger partial charge in [0.1, 0.15) is 6.54 Å². The molecule has 6 nitrogen and oxygen atoms in total. The molecule has 2 heterocycles. The number of fused-ring (bicyclic) bond motifs is 5. The first-order valence-electron chi connectivity index (χ1n) is 11.6. The lowest BCUT2D eigenvalue weighted by atomic mass is 9.87. The average molecular weight is 468 g/mol. The van der Waals surface area contributed by atoms with Crippen LogP contribution in [0, 0.1) is 10.4 Å². The minimum absolute atomic E-state index is 0.331. The Labute approximate surface area is 201 Å². The standard InChI is InChI=1S/C30H16N2O4/c33-24(34)13-32-29(35)19-10-8-15-14-5-3-6-18-25(14)21(16-9-11-20(30(32)36)28(19)27(15)16)12-23-26(18)17-4-1-2-7-22(17)31-23/h1-12,36H,13H2,(H,33,34). The average Bonchev–Trinajstić information content (AvgIpc) is 3.26. The zero-order chi connectivity index (χ0) is 24.3. The van der Waals surface area contributed by atoms with Crippen LogP contribution < -0.4 is 10.9 Å². The summed E-state index contributed by atoms with van der Waals surface area (Å²) in [4.78, 5) is 29.5. The van der Waals surface area contributed by atoms with E-state index in [9.17, 15) is 19.8 Å². The first-order valence-corrected chi connectivity index (χ1v) is 11.6. The van der Waals surface area contributed by atoms with Crippen molar-refractivity contribution in [1.82, 2.24) is 4.57 Å². The number of carboxylic acids is 1. The van der Waals surface area contributed by atoms with Gasteiger partial charge in [0.05, 0.1) is 11.0 Å². The maximum Gasteiger partial charge on any atom is 0.323 e. The number of aromatic nitrogens is 1. The minimum Gasteiger partial charge on any atom is -0.494 e. The van der Waals surface area contributed by atoms with Crippen molar-refractivity contribution in [1.29, 1.82) is 0 Å². The number of carbonyl (C=O) groups is 1. The van der Waals surface area contributed by atoms with Crippen LogP contribution >= 0.6 is 0 Å². The highest BCUT2D eigenvalue weighted by Gasteiger charge is 2.22. The second-order valence-electron chi connectivity index (χ2n) is 9.36. The lowest BCUT2D eigenvalue weighted by molar-refractivity contribution is -0.137. The van der Waals surface area contributed by atoms with Crippen molar-refractivity contribution < 1.29 is 15.0 Å². The Kier molecular flexibility index (Phi) is 3.42. The lowest BCUT2D eigenvalue weighted by Crippen LogP contribution is -2.24. The van der Waals surface area contributed by atoms with Crippen LogP contribution in [0.5, 0.6) is 5.88 Å². The van der Waals surface area contributed by atoms with Crippen LogP contribution in [0.25, 0.3) is 53.9 Å². The quantitative estimate of drug-likeness (QED) is 0.272. The van der Waals surface area contributed by atoms with Crippen LogP contribution in [-0.4, -0.2) is 20.7 Å². The number of pyridine rings is 1. The monoisotopic (exact) mass is 468 g/mol. The van der Waals surface area contributed by atoms with Gasteiger partial charge in [0.15, 0.2) is 0 Å². The molecular formula is C30H16N2O4. The molecule has 1 aliphatic rings. The zero-order valence-corrected chi connectivity index (χ0v) is 18.7. The van der Waals surface area contributed by atoms with Gasteiger partial charge in [-0.15, -0.1) is 0 Å². The van der Waals surface area contributed by atoms with Crippen molar-refractivity contribution >= 4 is 65.5 Å². The minimum atomic E-state index is -1.19. The zero-order valence-electron chi connectivity index (χ0n) is 18.7. The fraction of sp³-hybridized carbons (Fsp3) is 0.0333. The molecule has 0 aliphatic carbocycles. The van der Waals surface area contributed by atoms with Crippen LogP contribution in [0.2, 0.25) is 0 Å². The highest BCUT2D eigenvalue weighted by molar-refractivity contribution is 6.37. The fourth-order valence-electron chi connectivity index (χ4n) is 6.17. The number of para-hydroxylation sites is 1. The molecule has 0 atom stereocenters. The molecule has 1 aromatic heterocycles. The topological polar surface area (TPSA) is 91.9 Å². The molecule has 170 valence electrons. The predicted molar refractivity (Wildman–Crippen MR) is 139 cm³/mol. The van der Waals surface area contributed by atoms with E-state index in [0.29, 0.717) is 16.2 Å². The van der Waals surface area contributed by atoms with Crippen molar-refractivity contribution in [3.8, 4) is 5.88 Å². The van der Waals surface area contributed by atoms with Crippen LogP contribution in [0.3, 0.4) is 0 Å². The summed E-state index contributed by atoms with van der Waals surface area (Å²) in [6.45, 7) is -0.606. The van der Waals surface area contributed by atoms with Crippen molar-refractivity contribution in [2.24, 2.45) is 4.99 Å². The first-order chi connectivity index (χ1) is 17.5. The molecule has 0 saturated heterocycles. The number of nitrogens with zero attached hydrogens (tertiary/aromatic N) is 2. The molecule has 0 unspecified atom stereocenters. The molecule has 6 aromatic carbocycles. The summed E-state index contributed by atoms with van der Waals surface area (Å²) in [7, 11) is 0. The van der Waals surface area contributed by atoms with E-state index in [-0.39, 0.29) is 5.88 Å². The van der Waals surface area contributed by atoms with Gasteiger partial charge in [-0.25, -0.2) is 4.99 Å². The third kappa shape index (κ3) is 2.19. The molecule has 0 bridgehead atoms. The smallest absolute Gasteiger partial charge is 0.323 e. The Morgan fingerprint density at radius 1 is 0.750 bits per heavy atom. The molecule has 36 heavy (non-hydrogen) atoms. The van der Waals surface area contributed by atoms with E-state index in [1.165, 1.54) is 0 Å². The van der Waals surface area contributed by atoms with E-state index in [2.05, 4.69) is 24.3 Å². The van der Waals surface area contributed by atoms with Crippen molar-refractivity contribution in [3.05, 3.63) is 98.9 Å². The van der Waals surface area contributed by atoms with Gasteiger partial charge < -0.3 is 10.2 Å². The van der Waals surface area contributed by atoms with Crippen molar-refractivity contribution in [2.45, 2.75) is 6.54 Å². The summed E-state index contributed by atoms with van der Waals surface area (Å²) in [5, 5.41) is 32.1. The normalized spacial score (nSPS) is 12.7. The Morgan fingerprint density at radius 3 is 2.25 bits per heavy atom. The predicted octanol–water partition coefficient (Wildman–Crippen LogP) is 5.11. The Hall–Kier alpha value is -4.97. The largest absolute Gasteiger partial charge is 0.494 e. The third-order valence-corrected chi connectivity index (χ3v) is 7.56. The number of carboxylic acid groups (broad SMARTS) is 1. The van der Waals surface area contributed by atoms with Gasteiger partial charge in [-0.1, -0.05) is 48.5 Å².